The van der Waals surface area contributed by atoms with E-state index in [1.807, 2.05) is 0 Å². The number of carbonyl (C=O) groups excluding carboxylic acids is 2. The van der Waals surface area contributed by atoms with Crippen molar-refractivity contribution in [3.05, 3.63) is 26.9 Å². The van der Waals surface area contributed by atoms with Gasteiger partial charge in [-0.1, -0.05) is 0 Å². The molecule has 6 heteroatoms. The Morgan fingerprint density at radius 2 is 2.25 bits per heavy atom. The maximum atomic E-state index is 10.9. The first kappa shape index (κ1) is 8.54. The van der Waals surface area contributed by atoms with E-state index in [4.69, 9.17) is 0 Å². The van der Waals surface area contributed by atoms with Crippen LogP contribution in [0.4, 0.5) is 0 Å². The Labute approximate surface area is 71.4 Å². The molecule has 0 bridgehead atoms. The van der Waals surface area contributed by atoms with Crippen molar-refractivity contribution in [3.63, 3.8) is 0 Å². The molecule has 0 aliphatic heterocycles. The van der Waals surface area contributed by atoms with Gasteiger partial charge in [0, 0.05) is 6.20 Å². The summed E-state index contributed by atoms with van der Waals surface area (Å²) in [4.78, 5) is 36.2. The van der Waals surface area contributed by atoms with E-state index in [1.165, 1.54) is 0 Å². The van der Waals surface area contributed by atoms with Crippen LogP contribution in [0.5, 0.6) is 0 Å². The van der Waals surface area contributed by atoms with Crippen molar-refractivity contribution in [2.45, 2.75) is 0 Å². The molecule has 0 fully saturated rings. The molecule has 62 valence electrons. The van der Waals surface area contributed by atoms with Gasteiger partial charge in [0.2, 0.25) is 5.78 Å². The number of Topliss-reactive ketones (excluding diaryl/α,β-unsaturated/α-hetero) is 1. The second-order valence-electron chi connectivity index (χ2n) is 1.97. The van der Waals surface area contributed by atoms with Crippen LogP contribution in [0.1, 0.15) is 10.4 Å². The van der Waals surface area contributed by atoms with Crippen molar-refractivity contribution in [2.75, 3.05) is 0 Å². The second kappa shape index (κ2) is 3.22. The molecule has 0 aliphatic carbocycles. The number of aromatic nitrogens is 2. The number of hydrogen-bond acceptors (Lipinski definition) is 4. The second-order valence-corrected chi connectivity index (χ2v) is 2.38. The fourth-order valence-corrected chi connectivity index (χ4v) is 0.808. The van der Waals surface area contributed by atoms with Crippen molar-refractivity contribution >= 4 is 24.3 Å². The molecule has 0 saturated carbocycles. The van der Waals surface area contributed by atoms with E-state index < -0.39 is 11.3 Å². The highest BCUT2D eigenvalue weighted by Gasteiger charge is 2.07. The number of ketones is 1. The molecule has 0 saturated heterocycles. The summed E-state index contributed by atoms with van der Waals surface area (Å²) in [5.74, 6) is -0.873. The zero-order chi connectivity index (χ0) is 9.14. The molecule has 0 unspecified atom stereocenters. The minimum atomic E-state index is -0.873. The monoisotopic (exact) mass is 184 g/mol. The van der Waals surface area contributed by atoms with Gasteiger partial charge in [-0.15, -0.1) is 0 Å². The van der Waals surface area contributed by atoms with Crippen LogP contribution in [-0.2, 0) is 4.79 Å². The average Bonchev–Trinajstić information content (AvgIpc) is 2.03. The topological polar surface area (TPSA) is 82.8 Å². The molecule has 1 aromatic heterocycles. The first-order chi connectivity index (χ1) is 5.65. The first-order valence-corrected chi connectivity index (χ1v) is 3.37. The molecular formula is C6H4N2O3S. The third-order valence-corrected chi connectivity index (χ3v) is 1.41. The summed E-state index contributed by atoms with van der Waals surface area (Å²) in [5, 5.41) is 0. The van der Waals surface area contributed by atoms with Crippen LogP contribution in [0.2, 0.25) is 0 Å². The molecule has 2 N–H and O–H groups in total. The lowest BCUT2D eigenvalue weighted by Crippen LogP contribution is -2.18. The molecule has 1 aromatic rings. The van der Waals surface area contributed by atoms with Gasteiger partial charge in [0.05, 0.1) is 0 Å². The Hall–Kier alpha value is -1.56. The van der Waals surface area contributed by atoms with Crippen LogP contribution in [0.15, 0.2) is 11.0 Å². The van der Waals surface area contributed by atoms with Crippen LogP contribution in [-0.4, -0.2) is 22.0 Å². The Morgan fingerprint density at radius 1 is 1.58 bits per heavy atom. The Bertz CT molecular complexity index is 431. The smallest absolute Gasteiger partial charge is 0.263 e. The summed E-state index contributed by atoms with van der Waals surface area (Å²) < 4.78 is 0.113. The highest BCUT2D eigenvalue weighted by Crippen LogP contribution is 1.86. The summed E-state index contributed by atoms with van der Waals surface area (Å²) in [6, 6.07) is 0. The molecule has 0 amide bonds. The lowest BCUT2D eigenvalue weighted by atomic mass is 10.2. The van der Waals surface area contributed by atoms with Crippen molar-refractivity contribution in [1.29, 1.82) is 0 Å². The lowest BCUT2D eigenvalue weighted by molar-refractivity contribution is -0.104. The number of H-pyrrole nitrogens is 2. The van der Waals surface area contributed by atoms with Crippen LogP contribution in [0.3, 0.4) is 0 Å². The molecule has 0 aliphatic rings. The third-order valence-electron chi connectivity index (χ3n) is 1.19. The van der Waals surface area contributed by atoms with Crippen molar-refractivity contribution in [3.8, 4) is 0 Å². The van der Waals surface area contributed by atoms with Gasteiger partial charge in [-0.3, -0.25) is 19.4 Å². The van der Waals surface area contributed by atoms with Crippen LogP contribution in [0, 0.1) is 4.77 Å². The number of carbonyl (C=O) groups is 2. The normalized spacial score (nSPS) is 9.33. The summed E-state index contributed by atoms with van der Waals surface area (Å²) in [6.45, 7) is 0. The average molecular weight is 184 g/mol. The quantitative estimate of drug-likeness (QED) is 0.289. The van der Waals surface area contributed by atoms with Crippen LogP contribution in [0.25, 0.3) is 0 Å². The summed E-state index contributed by atoms with van der Waals surface area (Å²) >= 11 is 4.57. The Morgan fingerprint density at radius 3 is 2.75 bits per heavy atom. The lowest BCUT2D eigenvalue weighted by Gasteiger charge is -1.90. The maximum Gasteiger partial charge on any atom is 0.263 e. The van der Waals surface area contributed by atoms with E-state index in [1.54, 1.807) is 0 Å². The third kappa shape index (κ3) is 1.54. The van der Waals surface area contributed by atoms with Gasteiger partial charge >= 0.3 is 0 Å². The van der Waals surface area contributed by atoms with Gasteiger partial charge in [0.25, 0.3) is 5.56 Å². The molecular weight excluding hydrogens is 180 g/mol. The fourth-order valence-electron chi connectivity index (χ4n) is 0.656. The van der Waals surface area contributed by atoms with Crippen molar-refractivity contribution < 1.29 is 9.59 Å². The van der Waals surface area contributed by atoms with Crippen LogP contribution < -0.4 is 5.56 Å². The molecule has 1 rings (SSSR count). The number of aromatic amines is 2. The first-order valence-electron chi connectivity index (χ1n) is 2.96. The van der Waals surface area contributed by atoms with Gasteiger partial charge in [-0.25, -0.2) is 0 Å². The van der Waals surface area contributed by atoms with E-state index >= 15 is 0 Å². The van der Waals surface area contributed by atoms with E-state index in [2.05, 4.69) is 22.2 Å². The van der Waals surface area contributed by atoms with E-state index in [0.717, 1.165) is 6.20 Å². The fraction of sp³-hybridized carbons (Fsp3) is 0. The number of hydrogen-bond donors (Lipinski definition) is 2. The number of rotatable bonds is 2. The minimum absolute atomic E-state index is 0.0709. The van der Waals surface area contributed by atoms with Gasteiger partial charge in [0.1, 0.15) is 5.56 Å². The summed E-state index contributed by atoms with van der Waals surface area (Å²) in [6.07, 6.45) is 1.18. The minimum Gasteiger partial charge on any atom is -0.338 e. The summed E-state index contributed by atoms with van der Waals surface area (Å²) in [5.41, 5.74) is -0.894. The highest BCUT2D eigenvalue weighted by atomic mass is 32.1. The molecule has 0 aromatic carbocycles. The van der Waals surface area contributed by atoms with E-state index in [9.17, 15) is 14.4 Å². The van der Waals surface area contributed by atoms with E-state index in [-0.39, 0.29) is 16.6 Å². The Kier molecular flexibility index (Phi) is 2.29. The predicted octanol–water partition coefficient (Wildman–Crippen LogP) is -0.186. The SMILES string of the molecule is O=CC(=O)c1c[nH]c(=S)[nH]c1=O. The van der Waals surface area contributed by atoms with E-state index in [0.29, 0.717) is 0 Å². The van der Waals surface area contributed by atoms with Crippen molar-refractivity contribution in [2.24, 2.45) is 0 Å². The molecule has 0 radical (unpaired) electrons. The zero-order valence-corrected chi connectivity index (χ0v) is 6.60. The maximum absolute atomic E-state index is 10.9. The molecule has 0 atom stereocenters. The molecule has 5 nitrogen and oxygen atoms in total. The van der Waals surface area contributed by atoms with Gasteiger partial charge < -0.3 is 4.98 Å². The molecule has 0 spiro atoms. The highest BCUT2D eigenvalue weighted by molar-refractivity contribution is 7.71. The van der Waals surface area contributed by atoms with Gasteiger partial charge in [-0.2, -0.15) is 0 Å². The largest absolute Gasteiger partial charge is 0.338 e. The zero-order valence-electron chi connectivity index (χ0n) is 5.79. The summed E-state index contributed by atoms with van der Waals surface area (Å²) in [7, 11) is 0. The van der Waals surface area contributed by atoms with Crippen molar-refractivity contribution in [1.82, 2.24) is 9.97 Å². The molecule has 12 heavy (non-hydrogen) atoms. The number of aldehydes is 1. The van der Waals surface area contributed by atoms with Crippen LogP contribution >= 0.6 is 12.2 Å². The van der Waals surface area contributed by atoms with Gasteiger partial charge in [-0.05, 0) is 12.2 Å². The molecule has 1 heterocycles. The Balaban J connectivity index is 3.37. The predicted molar refractivity (Wildman–Crippen MR) is 42.6 cm³/mol. The number of nitrogens with one attached hydrogen (secondary N) is 2. The standard InChI is InChI=1S/C6H4N2O3S/c9-2-4(10)3-1-7-6(12)8-5(3)11/h1-2H,(H2,7,8,11,12). The van der Waals surface area contributed by atoms with Gasteiger partial charge in [0.15, 0.2) is 11.1 Å².